The van der Waals surface area contributed by atoms with Crippen molar-refractivity contribution < 1.29 is 14.1 Å². The van der Waals surface area contributed by atoms with Crippen molar-refractivity contribution in [1.82, 2.24) is 35.7 Å². The molecule has 1 atom stereocenters. The molecular weight excluding hydrogens is 338 g/mol. The Hall–Kier alpha value is -3.14. The Balaban J connectivity index is 1.31. The van der Waals surface area contributed by atoms with E-state index in [9.17, 15) is 4.79 Å². The molecule has 0 radical (unpaired) electrons. The molecular formula is C16H17N7O3. The monoisotopic (exact) mass is 355 g/mol. The summed E-state index contributed by atoms with van der Waals surface area (Å²) in [6.07, 6.45) is 3.28. The molecule has 1 amide bonds. The first-order valence-corrected chi connectivity index (χ1v) is 8.30. The van der Waals surface area contributed by atoms with Gasteiger partial charge in [-0.05, 0) is 41.0 Å². The van der Waals surface area contributed by atoms with Gasteiger partial charge < -0.3 is 14.6 Å². The third kappa shape index (κ3) is 3.75. The van der Waals surface area contributed by atoms with Gasteiger partial charge >= 0.3 is 0 Å². The lowest BCUT2D eigenvalue weighted by molar-refractivity contribution is 0.0835. The van der Waals surface area contributed by atoms with E-state index in [4.69, 9.17) is 9.26 Å². The molecule has 10 nitrogen and oxygen atoms in total. The molecule has 0 saturated carbocycles. The highest BCUT2D eigenvalue weighted by Crippen LogP contribution is 2.26. The first-order chi connectivity index (χ1) is 12.8. The fraction of sp³-hybridized carbons (Fsp3) is 0.375. The molecule has 0 aliphatic carbocycles. The van der Waals surface area contributed by atoms with E-state index in [1.807, 2.05) is 12.1 Å². The summed E-state index contributed by atoms with van der Waals surface area (Å²) in [5, 5.41) is 17.6. The summed E-state index contributed by atoms with van der Waals surface area (Å²) >= 11 is 0. The normalized spacial score (nSPS) is 16.7. The molecule has 3 heterocycles. The number of nitrogens with one attached hydrogen (secondary N) is 1. The Morgan fingerprint density at radius 2 is 2.19 bits per heavy atom. The Morgan fingerprint density at radius 3 is 2.92 bits per heavy atom. The number of carbonyl (C=O) groups excluding carboxylic acids is 1. The molecule has 1 aliphatic heterocycles. The second-order valence-electron chi connectivity index (χ2n) is 5.94. The zero-order valence-electron chi connectivity index (χ0n) is 13.9. The van der Waals surface area contributed by atoms with Gasteiger partial charge in [0, 0.05) is 12.2 Å². The number of nitrogens with zero attached hydrogens (tertiary/aromatic N) is 6. The van der Waals surface area contributed by atoms with Crippen LogP contribution in [0.5, 0.6) is 0 Å². The molecule has 3 aromatic rings. The number of benzene rings is 1. The van der Waals surface area contributed by atoms with Gasteiger partial charge in [-0.3, -0.25) is 4.79 Å². The molecule has 1 aromatic carbocycles. The lowest BCUT2D eigenvalue weighted by Gasteiger charge is -2.04. The van der Waals surface area contributed by atoms with Gasteiger partial charge in [-0.2, -0.15) is 4.98 Å². The van der Waals surface area contributed by atoms with Crippen LogP contribution >= 0.6 is 0 Å². The topological polar surface area (TPSA) is 121 Å². The highest BCUT2D eigenvalue weighted by Gasteiger charge is 2.23. The van der Waals surface area contributed by atoms with E-state index in [0.717, 1.165) is 18.4 Å². The van der Waals surface area contributed by atoms with Gasteiger partial charge in [-0.25, -0.2) is 4.68 Å². The average Bonchev–Trinajstić information content (AvgIpc) is 3.41. The summed E-state index contributed by atoms with van der Waals surface area (Å²) in [7, 11) is 0. The van der Waals surface area contributed by atoms with Crippen LogP contribution in [-0.4, -0.2) is 42.9 Å². The van der Waals surface area contributed by atoms with Gasteiger partial charge in [-0.1, -0.05) is 17.3 Å². The molecule has 0 unspecified atom stereocenters. The third-order valence-electron chi connectivity index (χ3n) is 4.05. The van der Waals surface area contributed by atoms with E-state index >= 15 is 0 Å². The molecule has 2 aromatic heterocycles. The third-order valence-corrected chi connectivity index (χ3v) is 4.05. The number of carbonyl (C=O) groups is 1. The van der Waals surface area contributed by atoms with Crippen molar-refractivity contribution in [2.75, 3.05) is 6.61 Å². The minimum absolute atomic E-state index is 0.125. The molecule has 26 heavy (non-hydrogen) atoms. The number of aromatic nitrogens is 6. The molecule has 0 spiro atoms. The van der Waals surface area contributed by atoms with Crippen LogP contribution in [0.1, 0.15) is 46.6 Å². The second-order valence-corrected chi connectivity index (χ2v) is 5.94. The maximum atomic E-state index is 12.2. The quantitative estimate of drug-likeness (QED) is 0.692. The van der Waals surface area contributed by atoms with Gasteiger partial charge in [-0.15, -0.1) is 5.10 Å². The van der Waals surface area contributed by atoms with Gasteiger partial charge in [0.15, 0.2) is 5.82 Å². The first kappa shape index (κ1) is 16.3. The highest BCUT2D eigenvalue weighted by atomic mass is 16.5. The predicted octanol–water partition coefficient (Wildman–Crippen LogP) is 0.886. The molecule has 4 rings (SSSR count). The van der Waals surface area contributed by atoms with E-state index < -0.39 is 0 Å². The van der Waals surface area contributed by atoms with Gasteiger partial charge in [0.05, 0.1) is 13.1 Å². The summed E-state index contributed by atoms with van der Waals surface area (Å²) in [6, 6.07) is 7.23. The summed E-state index contributed by atoms with van der Waals surface area (Å²) in [5.41, 5.74) is 1.54. The minimum Gasteiger partial charge on any atom is -0.368 e. The number of rotatable bonds is 6. The number of hydrogen-bond acceptors (Lipinski definition) is 8. The van der Waals surface area contributed by atoms with Crippen LogP contribution in [0.25, 0.3) is 0 Å². The van der Waals surface area contributed by atoms with Crippen LogP contribution in [0.15, 0.2) is 35.1 Å². The summed E-state index contributed by atoms with van der Waals surface area (Å²) < 4.78 is 12.3. The smallest absolute Gasteiger partial charge is 0.255 e. The number of tetrazole rings is 1. The lowest BCUT2D eigenvalue weighted by Crippen LogP contribution is -2.23. The van der Waals surface area contributed by atoms with Crippen LogP contribution in [0.3, 0.4) is 0 Å². The molecule has 134 valence electrons. The van der Waals surface area contributed by atoms with Crippen molar-refractivity contribution in [3.8, 4) is 0 Å². The number of ether oxygens (including phenoxy) is 1. The predicted molar refractivity (Wildman–Crippen MR) is 86.8 cm³/mol. The van der Waals surface area contributed by atoms with Crippen molar-refractivity contribution in [2.45, 2.75) is 32.0 Å². The molecule has 0 bridgehead atoms. The van der Waals surface area contributed by atoms with E-state index in [1.54, 1.807) is 16.8 Å². The van der Waals surface area contributed by atoms with Crippen molar-refractivity contribution in [3.63, 3.8) is 0 Å². The van der Waals surface area contributed by atoms with E-state index in [1.165, 1.54) is 6.33 Å². The zero-order chi connectivity index (χ0) is 17.8. The van der Waals surface area contributed by atoms with Crippen LogP contribution in [0.2, 0.25) is 0 Å². The van der Waals surface area contributed by atoms with Crippen molar-refractivity contribution in [2.24, 2.45) is 0 Å². The number of hydrogen-bond donors (Lipinski definition) is 1. The Kier molecular flexibility index (Phi) is 4.65. The minimum atomic E-state index is -0.206. The SMILES string of the molecule is O=C(NCc1noc([C@H]2CCCO2)n1)c1ccc(Cn2cnnn2)cc1. The van der Waals surface area contributed by atoms with Crippen molar-refractivity contribution in [3.05, 3.63) is 53.4 Å². The Morgan fingerprint density at radius 1 is 1.31 bits per heavy atom. The van der Waals surface area contributed by atoms with Crippen molar-refractivity contribution in [1.29, 1.82) is 0 Å². The zero-order valence-corrected chi connectivity index (χ0v) is 13.9. The largest absolute Gasteiger partial charge is 0.368 e. The summed E-state index contributed by atoms with van der Waals surface area (Å²) in [4.78, 5) is 16.5. The van der Waals surface area contributed by atoms with Gasteiger partial charge in [0.1, 0.15) is 12.4 Å². The Labute approximate surface area is 148 Å². The van der Waals surface area contributed by atoms with E-state index in [-0.39, 0.29) is 18.6 Å². The molecule has 1 fully saturated rings. The summed E-state index contributed by atoms with van der Waals surface area (Å²) in [5.74, 6) is 0.695. The fourth-order valence-electron chi connectivity index (χ4n) is 2.71. The van der Waals surface area contributed by atoms with Crippen LogP contribution in [0.4, 0.5) is 0 Å². The molecule has 1 saturated heterocycles. The number of amides is 1. The lowest BCUT2D eigenvalue weighted by atomic mass is 10.1. The van der Waals surface area contributed by atoms with Gasteiger partial charge in [0.2, 0.25) is 0 Å². The van der Waals surface area contributed by atoms with E-state index in [2.05, 4.69) is 31.0 Å². The maximum absolute atomic E-state index is 12.2. The second kappa shape index (κ2) is 7.40. The summed E-state index contributed by atoms with van der Waals surface area (Å²) in [6.45, 7) is 1.45. The van der Waals surface area contributed by atoms with Crippen LogP contribution in [-0.2, 0) is 17.8 Å². The van der Waals surface area contributed by atoms with Crippen LogP contribution in [0, 0.1) is 0 Å². The average molecular weight is 355 g/mol. The molecule has 10 heteroatoms. The standard InChI is InChI=1S/C16H17N7O3/c24-15(12-5-3-11(4-6-12)9-23-10-18-21-22-23)17-8-14-19-16(26-20-14)13-2-1-7-25-13/h3-6,10,13H,1-2,7-9H2,(H,17,24)/t13-/m1/s1. The van der Waals surface area contributed by atoms with Crippen molar-refractivity contribution >= 4 is 5.91 Å². The Bertz CT molecular complexity index is 854. The maximum Gasteiger partial charge on any atom is 0.255 e. The fourth-order valence-corrected chi connectivity index (χ4v) is 2.71. The first-order valence-electron chi connectivity index (χ1n) is 8.30. The highest BCUT2D eigenvalue weighted by molar-refractivity contribution is 5.94. The van der Waals surface area contributed by atoms with E-state index in [0.29, 0.717) is 30.4 Å². The molecule has 1 N–H and O–H groups in total. The van der Waals surface area contributed by atoms with Gasteiger partial charge in [0.25, 0.3) is 11.8 Å². The van der Waals surface area contributed by atoms with Crippen LogP contribution < -0.4 is 5.32 Å². The molecule has 1 aliphatic rings.